The second-order valence-corrected chi connectivity index (χ2v) is 6.38. The zero-order valence-electron chi connectivity index (χ0n) is 13.9. The van der Waals surface area contributed by atoms with E-state index in [4.69, 9.17) is 16.3 Å². The third-order valence-corrected chi connectivity index (χ3v) is 4.83. The van der Waals surface area contributed by atoms with Gasteiger partial charge in [0.2, 0.25) is 5.95 Å². The van der Waals surface area contributed by atoms with Crippen LogP contribution < -0.4 is 10.1 Å². The summed E-state index contributed by atoms with van der Waals surface area (Å²) in [5, 5.41) is 8.62. The third-order valence-electron chi connectivity index (χ3n) is 4.49. The van der Waals surface area contributed by atoms with Crippen molar-refractivity contribution in [1.82, 2.24) is 14.8 Å². The summed E-state index contributed by atoms with van der Waals surface area (Å²) in [5.74, 6) is 1.63. The van der Waals surface area contributed by atoms with Gasteiger partial charge in [-0.3, -0.25) is 0 Å². The second-order valence-electron chi connectivity index (χ2n) is 5.97. The summed E-state index contributed by atoms with van der Waals surface area (Å²) in [6.07, 6.45) is 2.39. The lowest BCUT2D eigenvalue weighted by molar-refractivity contribution is 0.325. The van der Waals surface area contributed by atoms with E-state index in [1.165, 1.54) is 0 Å². The summed E-state index contributed by atoms with van der Waals surface area (Å²) in [4.78, 5) is 4.37. The van der Waals surface area contributed by atoms with Crippen molar-refractivity contribution >= 4 is 17.5 Å². The minimum absolute atomic E-state index is 0.0303. The molecule has 1 aromatic heterocycles. The highest BCUT2D eigenvalue weighted by Gasteiger charge is 2.32. The van der Waals surface area contributed by atoms with Crippen LogP contribution in [0.5, 0.6) is 5.75 Å². The molecule has 0 aliphatic carbocycles. The maximum Gasteiger partial charge on any atom is 0.222 e. The molecule has 25 heavy (non-hydrogen) atoms. The molecule has 0 bridgehead atoms. The first-order chi connectivity index (χ1) is 12.3. The van der Waals surface area contributed by atoms with Crippen LogP contribution in [0, 0.1) is 0 Å². The van der Waals surface area contributed by atoms with Gasteiger partial charge >= 0.3 is 0 Å². The second kappa shape index (κ2) is 6.76. The quantitative estimate of drug-likeness (QED) is 0.750. The molecule has 6 heteroatoms. The van der Waals surface area contributed by atoms with Gasteiger partial charge in [-0.15, -0.1) is 0 Å². The van der Waals surface area contributed by atoms with E-state index in [0.29, 0.717) is 6.61 Å². The normalized spacial score (nSPS) is 19.1. The average Bonchev–Trinajstić information content (AvgIpc) is 3.11. The van der Waals surface area contributed by atoms with Gasteiger partial charge in [-0.1, -0.05) is 48.0 Å². The number of para-hydroxylation sites is 1. The Morgan fingerprint density at radius 1 is 1.16 bits per heavy atom. The van der Waals surface area contributed by atoms with Gasteiger partial charge in [0, 0.05) is 10.6 Å². The fourth-order valence-electron chi connectivity index (χ4n) is 3.38. The molecule has 3 aromatic rings. The molecule has 4 rings (SSSR count). The molecule has 1 aliphatic rings. The summed E-state index contributed by atoms with van der Waals surface area (Å²) in [7, 11) is 0. The Kier molecular flexibility index (Phi) is 4.32. The molecule has 5 nitrogen and oxygen atoms in total. The molecule has 2 atom stereocenters. The van der Waals surface area contributed by atoms with Crippen molar-refractivity contribution in [2.24, 2.45) is 0 Å². The molecule has 2 heterocycles. The Morgan fingerprint density at radius 2 is 1.92 bits per heavy atom. The predicted octanol–water partition coefficient (Wildman–Crippen LogP) is 4.48. The molecule has 0 unspecified atom stereocenters. The monoisotopic (exact) mass is 354 g/mol. The smallest absolute Gasteiger partial charge is 0.222 e. The largest absolute Gasteiger partial charge is 0.494 e. The van der Waals surface area contributed by atoms with Crippen molar-refractivity contribution in [2.45, 2.75) is 25.4 Å². The summed E-state index contributed by atoms with van der Waals surface area (Å²) in [6, 6.07) is 16.1. The Labute approximate surface area is 151 Å². The first kappa shape index (κ1) is 16.0. The van der Waals surface area contributed by atoms with Crippen LogP contribution in [0.2, 0.25) is 5.02 Å². The first-order valence-corrected chi connectivity index (χ1v) is 8.78. The van der Waals surface area contributed by atoms with Crippen molar-refractivity contribution in [3.05, 3.63) is 71.0 Å². The van der Waals surface area contributed by atoms with E-state index >= 15 is 0 Å². The maximum absolute atomic E-state index is 6.43. The van der Waals surface area contributed by atoms with Gasteiger partial charge in [-0.25, -0.2) is 4.68 Å². The van der Waals surface area contributed by atoms with Gasteiger partial charge in [0.25, 0.3) is 0 Å². The molecule has 0 radical (unpaired) electrons. The number of fused-ring (bicyclic) bond motifs is 1. The molecule has 0 fully saturated rings. The van der Waals surface area contributed by atoms with Crippen molar-refractivity contribution < 1.29 is 4.74 Å². The van der Waals surface area contributed by atoms with Crippen molar-refractivity contribution in [3.63, 3.8) is 0 Å². The summed E-state index contributed by atoms with van der Waals surface area (Å²) >= 11 is 6.43. The highest BCUT2D eigenvalue weighted by molar-refractivity contribution is 6.31. The fourth-order valence-corrected chi connectivity index (χ4v) is 3.65. The number of rotatable bonds is 4. The van der Waals surface area contributed by atoms with Gasteiger partial charge in [-0.2, -0.15) is 10.1 Å². The van der Waals surface area contributed by atoms with E-state index in [0.717, 1.165) is 34.3 Å². The first-order valence-electron chi connectivity index (χ1n) is 8.40. The number of hydrogen-bond acceptors (Lipinski definition) is 4. The van der Waals surface area contributed by atoms with Crippen LogP contribution in [0.3, 0.4) is 0 Å². The number of halogens is 1. The zero-order chi connectivity index (χ0) is 17.2. The van der Waals surface area contributed by atoms with E-state index in [9.17, 15) is 0 Å². The van der Waals surface area contributed by atoms with Gasteiger partial charge in [0.15, 0.2) is 0 Å². The summed E-state index contributed by atoms with van der Waals surface area (Å²) < 4.78 is 7.76. The molecular formula is C19H19ClN4O. The number of benzene rings is 2. The van der Waals surface area contributed by atoms with E-state index in [-0.39, 0.29) is 12.1 Å². The minimum atomic E-state index is 0.0303. The van der Waals surface area contributed by atoms with Gasteiger partial charge < -0.3 is 10.1 Å². The summed E-state index contributed by atoms with van der Waals surface area (Å²) in [6.45, 7) is 2.62. The fraction of sp³-hybridized carbons (Fsp3) is 0.263. The van der Waals surface area contributed by atoms with E-state index < -0.39 is 0 Å². The van der Waals surface area contributed by atoms with Gasteiger partial charge in [0.05, 0.1) is 18.7 Å². The van der Waals surface area contributed by atoms with Gasteiger partial charge in [0.1, 0.15) is 12.1 Å². The molecule has 0 spiro atoms. The van der Waals surface area contributed by atoms with Crippen LogP contribution >= 0.6 is 11.6 Å². The van der Waals surface area contributed by atoms with Crippen LogP contribution in [0.1, 0.15) is 36.6 Å². The van der Waals surface area contributed by atoms with Crippen LogP contribution in [0.25, 0.3) is 0 Å². The van der Waals surface area contributed by atoms with E-state index in [1.54, 1.807) is 6.33 Å². The van der Waals surface area contributed by atoms with Crippen LogP contribution in [-0.4, -0.2) is 21.4 Å². The molecule has 0 saturated heterocycles. The lowest BCUT2D eigenvalue weighted by Crippen LogP contribution is -2.28. The number of hydrogen-bond donors (Lipinski definition) is 1. The molecular weight excluding hydrogens is 336 g/mol. The topological polar surface area (TPSA) is 52.0 Å². The highest BCUT2D eigenvalue weighted by Crippen LogP contribution is 2.41. The molecule has 1 N–H and O–H groups in total. The Hall–Kier alpha value is -2.53. The predicted molar refractivity (Wildman–Crippen MR) is 98.2 cm³/mol. The molecule has 0 amide bonds. The Bertz CT molecular complexity index is 879. The number of nitrogens with one attached hydrogen (secondary N) is 1. The molecule has 2 aromatic carbocycles. The number of nitrogens with zero attached hydrogens (tertiary/aromatic N) is 3. The van der Waals surface area contributed by atoms with Crippen LogP contribution in [0.15, 0.2) is 54.9 Å². The number of aromatic nitrogens is 3. The van der Waals surface area contributed by atoms with Crippen LogP contribution in [0.4, 0.5) is 5.95 Å². The summed E-state index contributed by atoms with van der Waals surface area (Å²) in [5.41, 5.74) is 2.17. The van der Waals surface area contributed by atoms with Gasteiger partial charge in [-0.05, 0) is 31.0 Å². The van der Waals surface area contributed by atoms with E-state index in [1.807, 2.05) is 48.0 Å². The van der Waals surface area contributed by atoms with Crippen molar-refractivity contribution in [3.8, 4) is 5.75 Å². The minimum Gasteiger partial charge on any atom is -0.494 e. The Morgan fingerprint density at radius 3 is 2.72 bits per heavy atom. The van der Waals surface area contributed by atoms with Crippen molar-refractivity contribution in [1.29, 1.82) is 0 Å². The van der Waals surface area contributed by atoms with Crippen LogP contribution in [-0.2, 0) is 0 Å². The van der Waals surface area contributed by atoms with Crippen molar-refractivity contribution in [2.75, 3.05) is 11.9 Å². The zero-order valence-corrected chi connectivity index (χ0v) is 14.6. The third kappa shape index (κ3) is 2.96. The Balaban J connectivity index is 1.77. The number of anilines is 1. The molecule has 1 aliphatic heterocycles. The van der Waals surface area contributed by atoms with E-state index in [2.05, 4.69) is 27.5 Å². The number of ether oxygens (including phenoxy) is 1. The SMILES string of the molecule is CCOc1ccccc1[C@H]1C[C@@H](c2ccccc2Cl)Nc2ncnn21. The average molecular weight is 355 g/mol. The molecule has 0 saturated carbocycles. The highest BCUT2D eigenvalue weighted by atomic mass is 35.5. The molecule has 128 valence electrons. The standard InChI is InChI=1S/C19H19ClN4O/c1-2-25-18-10-6-4-8-14(18)17-11-16(13-7-3-5-9-15(13)20)23-19-21-12-22-24(17)19/h3-10,12,16-17H,2,11H2,1H3,(H,21,22,23)/t16-,17+/m0/s1. The maximum atomic E-state index is 6.43. The lowest BCUT2D eigenvalue weighted by Gasteiger charge is -2.32. The lowest BCUT2D eigenvalue weighted by atomic mass is 9.93.